The number of anilines is 1. The molecule has 0 saturated carbocycles. The van der Waals surface area contributed by atoms with Crippen molar-refractivity contribution in [3.63, 3.8) is 0 Å². The van der Waals surface area contributed by atoms with Crippen molar-refractivity contribution >= 4 is 17.5 Å². The summed E-state index contributed by atoms with van der Waals surface area (Å²) < 4.78 is 0. The molecule has 0 bridgehead atoms. The number of rotatable bonds is 4. The highest BCUT2D eigenvalue weighted by Gasteiger charge is 2.18. The van der Waals surface area contributed by atoms with Crippen molar-refractivity contribution in [2.24, 2.45) is 0 Å². The van der Waals surface area contributed by atoms with Crippen LogP contribution in [0.5, 0.6) is 0 Å². The van der Waals surface area contributed by atoms with Gasteiger partial charge in [-0.3, -0.25) is 14.7 Å². The Kier molecular flexibility index (Phi) is 4.37. The van der Waals surface area contributed by atoms with Crippen molar-refractivity contribution < 1.29 is 9.59 Å². The zero-order valence-electron chi connectivity index (χ0n) is 12.3. The molecule has 6 heteroatoms. The maximum atomic E-state index is 12.4. The largest absolute Gasteiger partial charge is 0.345 e. The number of carbonyl (C=O) groups is 2. The van der Waals surface area contributed by atoms with Gasteiger partial charge in [-0.2, -0.15) is 5.10 Å². The topological polar surface area (TPSA) is 78.1 Å². The van der Waals surface area contributed by atoms with Crippen molar-refractivity contribution in [1.82, 2.24) is 15.5 Å². The van der Waals surface area contributed by atoms with E-state index in [1.807, 2.05) is 6.92 Å². The molecule has 0 saturated heterocycles. The van der Waals surface area contributed by atoms with Crippen LogP contribution in [0.4, 0.5) is 5.69 Å². The zero-order chi connectivity index (χ0) is 15.4. The average Bonchev–Trinajstić information content (AvgIpc) is 3.00. The van der Waals surface area contributed by atoms with Crippen molar-refractivity contribution in [1.29, 1.82) is 0 Å². The van der Waals surface area contributed by atoms with E-state index in [9.17, 15) is 9.59 Å². The third-order valence-corrected chi connectivity index (χ3v) is 3.35. The maximum absolute atomic E-state index is 12.4. The first-order chi connectivity index (χ1) is 10.0. The van der Waals surface area contributed by atoms with Gasteiger partial charge in [0.15, 0.2) is 0 Å². The molecule has 1 unspecified atom stereocenters. The van der Waals surface area contributed by atoms with Crippen LogP contribution in [0.3, 0.4) is 0 Å². The van der Waals surface area contributed by atoms with Crippen molar-refractivity contribution in [2.75, 3.05) is 11.9 Å². The smallest absolute Gasteiger partial charge is 0.253 e. The molecular weight excluding hydrogens is 268 g/mol. The Labute approximate surface area is 123 Å². The van der Waals surface area contributed by atoms with Crippen LogP contribution in [0, 0.1) is 0 Å². The molecule has 0 aliphatic rings. The molecule has 6 nitrogen and oxygen atoms in total. The first kappa shape index (κ1) is 14.8. The van der Waals surface area contributed by atoms with E-state index >= 15 is 0 Å². The molecule has 0 radical (unpaired) electrons. The summed E-state index contributed by atoms with van der Waals surface area (Å²) in [5.41, 5.74) is 1.94. The lowest BCUT2D eigenvalue weighted by Gasteiger charge is -2.20. The second-order valence-electron chi connectivity index (χ2n) is 4.82. The lowest BCUT2D eigenvalue weighted by molar-refractivity contribution is -0.116. The monoisotopic (exact) mass is 286 g/mol. The Bertz CT molecular complexity index is 637. The Hall–Kier alpha value is -2.63. The van der Waals surface area contributed by atoms with E-state index in [4.69, 9.17) is 0 Å². The number of nitrogens with zero attached hydrogens (tertiary/aromatic N) is 2. The number of benzene rings is 1. The van der Waals surface area contributed by atoms with Gasteiger partial charge in [0, 0.05) is 25.7 Å². The molecule has 0 fully saturated rings. The van der Waals surface area contributed by atoms with Crippen LogP contribution in [-0.4, -0.2) is 29.1 Å². The zero-order valence-corrected chi connectivity index (χ0v) is 12.3. The number of amides is 2. The second kappa shape index (κ2) is 6.21. The van der Waals surface area contributed by atoms with Crippen LogP contribution in [0.25, 0.3) is 0 Å². The van der Waals surface area contributed by atoms with Crippen LogP contribution in [0.1, 0.15) is 35.8 Å². The molecule has 1 aromatic carbocycles. The standard InChI is InChI=1S/C15H18N4O2/c1-10(12-8-16-17-9-12)18-15(21)13-6-4-5-7-14(13)19(3)11(2)20/h4-10H,1-3H3,(H,16,17)(H,18,21). The molecular formula is C15H18N4O2. The second-order valence-corrected chi connectivity index (χ2v) is 4.82. The van der Waals surface area contributed by atoms with E-state index in [1.54, 1.807) is 43.7 Å². The Balaban J connectivity index is 2.21. The van der Waals surface area contributed by atoms with Crippen molar-refractivity contribution in [2.45, 2.75) is 19.9 Å². The number of hydrogen-bond donors (Lipinski definition) is 2. The lowest BCUT2D eigenvalue weighted by atomic mass is 10.1. The number of para-hydroxylation sites is 1. The number of aromatic nitrogens is 2. The molecule has 0 aliphatic heterocycles. The number of aromatic amines is 1. The summed E-state index contributed by atoms with van der Waals surface area (Å²) >= 11 is 0. The predicted molar refractivity (Wildman–Crippen MR) is 80.0 cm³/mol. The molecule has 2 amide bonds. The van der Waals surface area contributed by atoms with Gasteiger partial charge in [-0.05, 0) is 19.1 Å². The fourth-order valence-corrected chi connectivity index (χ4v) is 1.98. The highest BCUT2D eigenvalue weighted by Crippen LogP contribution is 2.20. The molecule has 0 spiro atoms. The fraction of sp³-hybridized carbons (Fsp3) is 0.267. The minimum atomic E-state index is -0.229. The molecule has 1 aromatic heterocycles. The molecule has 2 rings (SSSR count). The first-order valence-electron chi connectivity index (χ1n) is 6.63. The molecule has 110 valence electrons. The number of hydrogen-bond acceptors (Lipinski definition) is 3. The van der Waals surface area contributed by atoms with Gasteiger partial charge in [0.2, 0.25) is 5.91 Å². The minimum absolute atomic E-state index is 0.127. The molecule has 0 aliphatic carbocycles. The van der Waals surface area contributed by atoms with Crippen molar-refractivity contribution in [3.8, 4) is 0 Å². The van der Waals surface area contributed by atoms with E-state index in [1.165, 1.54) is 11.8 Å². The van der Waals surface area contributed by atoms with Gasteiger partial charge in [0.1, 0.15) is 0 Å². The molecule has 2 N–H and O–H groups in total. The average molecular weight is 286 g/mol. The number of nitrogens with one attached hydrogen (secondary N) is 2. The Morgan fingerprint density at radius 1 is 1.33 bits per heavy atom. The van der Waals surface area contributed by atoms with E-state index in [0.29, 0.717) is 11.3 Å². The van der Waals surface area contributed by atoms with Crippen LogP contribution in [0.2, 0.25) is 0 Å². The summed E-state index contributed by atoms with van der Waals surface area (Å²) in [4.78, 5) is 25.4. The van der Waals surface area contributed by atoms with Gasteiger partial charge in [-0.25, -0.2) is 0 Å². The summed E-state index contributed by atoms with van der Waals surface area (Å²) in [6.45, 7) is 3.34. The van der Waals surface area contributed by atoms with Crippen LogP contribution in [0.15, 0.2) is 36.7 Å². The first-order valence-corrected chi connectivity index (χ1v) is 6.63. The van der Waals surface area contributed by atoms with Crippen LogP contribution >= 0.6 is 0 Å². The van der Waals surface area contributed by atoms with Gasteiger partial charge in [0.05, 0.1) is 23.5 Å². The van der Waals surface area contributed by atoms with E-state index in [2.05, 4.69) is 15.5 Å². The predicted octanol–water partition coefficient (Wildman–Crippen LogP) is 1.88. The summed E-state index contributed by atoms with van der Waals surface area (Å²) in [5, 5.41) is 9.47. The Morgan fingerprint density at radius 2 is 2.05 bits per heavy atom. The van der Waals surface area contributed by atoms with Crippen molar-refractivity contribution in [3.05, 3.63) is 47.8 Å². The minimum Gasteiger partial charge on any atom is -0.345 e. The van der Waals surface area contributed by atoms with Gasteiger partial charge in [-0.1, -0.05) is 12.1 Å². The van der Waals surface area contributed by atoms with Crippen LogP contribution < -0.4 is 10.2 Å². The van der Waals surface area contributed by atoms with Gasteiger partial charge in [0.25, 0.3) is 5.91 Å². The summed E-state index contributed by atoms with van der Waals surface area (Å²) in [6.07, 6.45) is 3.40. The quantitative estimate of drug-likeness (QED) is 0.900. The van der Waals surface area contributed by atoms with Gasteiger partial charge < -0.3 is 10.2 Å². The molecule has 2 aromatic rings. The van der Waals surface area contributed by atoms with Gasteiger partial charge in [-0.15, -0.1) is 0 Å². The molecule has 1 heterocycles. The number of carbonyl (C=O) groups excluding carboxylic acids is 2. The summed E-state index contributed by atoms with van der Waals surface area (Å²) in [7, 11) is 1.65. The summed E-state index contributed by atoms with van der Waals surface area (Å²) in [5.74, 6) is -0.356. The summed E-state index contributed by atoms with van der Waals surface area (Å²) in [6, 6.07) is 6.84. The highest BCUT2D eigenvalue weighted by atomic mass is 16.2. The lowest BCUT2D eigenvalue weighted by Crippen LogP contribution is -2.30. The highest BCUT2D eigenvalue weighted by molar-refractivity contribution is 6.04. The SMILES string of the molecule is CC(=O)N(C)c1ccccc1C(=O)NC(C)c1cn[nH]c1. The van der Waals surface area contributed by atoms with Gasteiger partial charge >= 0.3 is 0 Å². The normalized spacial score (nSPS) is 11.8. The number of H-pyrrole nitrogens is 1. The van der Waals surface area contributed by atoms with E-state index < -0.39 is 0 Å². The van der Waals surface area contributed by atoms with Crippen LogP contribution in [-0.2, 0) is 4.79 Å². The molecule has 21 heavy (non-hydrogen) atoms. The maximum Gasteiger partial charge on any atom is 0.253 e. The van der Waals surface area contributed by atoms with E-state index in [0.717, 1.165) is 5.56 Å². The fourth-order valence-electron chi connectivity index (χ4n) is 1.98. The van der Waals surface area contributed by atoms with E-state index in [-0.39, 0.29) is 17.9 Å². The Morgan fingerprint density at radius 3 is 2.67 bits per heavy atom. The third kappa shape index (κ3) is 3.28. The third-order valence-electron chi connectivity index (χ3n) is 3.35. The molecule has 1 atom stereocenters.